The molecule has 1 aromatic heterocycles. The van der Waals surface area contributed by atoms with Crippen molar-refractivity contribution in [1.82, 2.24) is 9.66 Å². The first kappa shape index (κ1) is 31.3. The topological polar surface area (TPSA) is 113 Å². The van der Waals surface area contributed by atoms with Crippen molar-refractivity contribution in [3.8, 4) is 11.4 Å². The van der Waals surface area contributed by atoms with Crippen molar-refractivity contribution in [3.05, 3.63) is 157 Å². The second-order valence-corrected chi connectivity index (χ2v) is 13.0. The number of carboxylic acids is 1. The molecule has 1 amide bonds. The van der Waals surface area contributed by atoms with Gasteiger partial charge in [0.15, 0.2) is 5.82 Å². The van der Waals surface area contributed by atoms with Crippen molar-refractivity contribution >= 4 is 72.1 Å². The van der Waals surface area contributed by atoms with E-state index in [1.807, 2.05) is 60.7 Å². The molecule has 8 nitrogen and oxygen atoms in total. The quantitative estimate of drug-likeness (QED) is 0.100. The summed E-state index contributed by atoms with van der Waals surface area (Å²) >= 11 is 8.38. The number of amides is 1. The highest BCUT2D eigenvalue weighted by Crippen LogP contribution is 2.39. The van der Waals surface area contributed by atoms with E-state index in [4.69, 9.17) is 4.98 Å². The van der Waals surface area contributed by atoms with Crippen LogP contribution in [-0.4, -0.2) is 26.6 Å². The number of benzene rings is 5. The molecule has 0 spiro atoms. The molecule has 0 aliphatic heterocycles. The van der Waals surface area contributed by atoms with Crippen LogP contribution < -0.4 is 16.3 Å². The molecule has 1 atom stereocenters. The monoisotopic (exact) mass is 754 g/mol. The Kier molecular flexibility index (Phi) is 9.34. The summed E-state index contributed by atoms with van der Waals surface area (Å²) in [5.41, 5.74) is 5.53. The third kappa shape index (κ3) is 6.62. The fraction of sp³-hybridized carbons (Fsp3) is 0.0286. The molecule has 0 bridgehead atoms. The zero-order valence-corrected chi connectivity index (χ0v) is 27.8. The number of carbonyl (C=O) groups excluding carboxylic acids is 1. The zero-order chi connectivity index (χ0) is 32.2. The van der Waals surface area contributed by atoms with Crippen LogP contribution in [0, 0.1) is 0 Å². The Bertz CT molecular complexity index is 2140. The third-order valence-electron chi connectivity index (χ3n) is 7.05. The van der Waals surface area contributed by atoms with E-state index < -0.39 is 16.9 Å². The molecule has 6 aromatic rings. The van der Waals surface area contributed by atoms with E-state index in [9.17, 15) is 19.5 Å². The maximum absolute atomic E-state index is 14.3. The summed E-state index contributed by atoms with van der Waals surface area (Å²) < 4.78 is 2.55. The Labute approximate surface area is 284 Å². The van der Waals surface area contributed by atoms with Gasteiger partial charge in [0.1, 0.15) is 5.37 Å². The minimum atomic E-state index is -1.15. The van der Waals surface area contributed by atoms with Crippen LogP contribution in [-0.2, 0) is 0 Å². The van der Waals surface area contributed by atoms with E-state index in [0.717, 1.165) is 10.5 Å². The van der Waals surface area contributed by atoms with E-state index in [0.29, 0.717) is 31.1 Å². The lowest BCUT2D eigenvalue weighted by Crippen LogP contribution is -2.33. The molecule has 1 heterocycles. The highest BCUT2D eigenvalue weighted by Gasteiger charge is 2.24. The van der Waals surface area contributed by atoms with Crippen molar-refractivity contribution in [3.63, 3.8) is 0 Å². The van der Waals surface area contributed by atoms with E-state index in [2.05, 4.69) is 42.6 Å². The molecule has 6 rings (SSSR count). The number of thioether (sulfide) groups is 1. The first-order valence-corrected chi connectivity index (χ1v) is 16.4. The number of carboxylic acid groups (broad SMARTS) is 1. The number of nitrogens with zero attached hydrogens (tertiary/aromatic N) is 2. The van der Waals surface area contributed by atoms with Gasteiger partial charge in [-0.3, -0.25) is 9.59 Å². The fourth-order valence-electron chi connectivity index (χ4n) is 4.88. The molecule has 0 saturated heterocycles. The van der Waals surface area contributed by atoms with Gasteiger partial charge in [-0.2, -0.15) is 0 Å². The van der Waals surface area contributed by atoms with Crippen LogP contribution in [0.25, 0.3) is 22.3 Å². The number of hydrogen-bond acceptors (Lipinski definition) is 6. The van der Waals surface area contributed by atoms with Crippen molar-refractivity contribution in [2.24, 2.45) is 0 Å². The minimum Gasteiger partial charge on any atom is -0.478 e. The number of nitrogens with one attached hydrogen (secondary N) is 2. The van der Waals surface area contributed by atoms with Gasteiger partial charge in [-0.15, -0.1) is 0 Å². The van der Waals surface area contributed by atoms with Crippen molar-refractivity contribution in [2.45, 2.75) is 10.3 Å². The highest BCUT2D eigenvalue weighted by molar-refractivity contribution is 9.11. The van der Waals surface area contributed by atoms with Gasteiger partial charge in [0.2, 0.25) is 0 Å². The lowest BCUT2D eigenvalue weighted by molar-refractivity contribution is 0.0697. The van der Waals surface area contributed by atoms with Crippen molar-refractivity contribution in [2.75, 3.05) is 10.7 Å². The van der Waals surface area contributed by atoms with Gasteiger partial charge in [0.25, 0.3) is 11.5 Å². The summed E-state index contributed by atoms with van der Waals surface area (Å²) in [6.07, 6.45) is 0. The van der Waals surface area contributed by atoms with Gasteiger partial charge in [-0.05, 0) is 64.0 Å². The first-order chi connectivity index (χ1) is 22.3. The molecule has 11 heteroatoms. The average Bonchev–Trinajstić information content (AvgIpc) is 3.07. The summed E-state index contributed by atoms with van der Waals surface area (Å²) in [5, 5.41) is 12.8. The van der Waals surface area contributed by atoms with Crippen LogP contribution in [0.4, 0.5) is 5.69 Å². The van der Waals surface area contributed by atoms with E-state index in [1.165, 1.54) is 22.5 Å². The number of aromatic carboxylic acids is 1. The lowest BCUT2D eigenvalue weighted by Gasteiger charge is -2.25. The van der Waals surface area contributed by atoms with Crippen molar-refractivity contribution < 1.29 is 14.7 Å². The summed E-state index contributed by atoms with van der Waals surface area (Å²) in [6, 6.07) is 35.8. The van der Waals surface area contributed by atoms with Crippen LogP contribution in [0.5, 0.6) is 0 Å². The second-order valence-electron chi connectivity index (χ2n) is 10.1. The number of para-hydroxylation sites is 1. The standard InChI is InChI=1S/C35H24Br2N4O4S/c36-23-19-26-30(27(37)20-23)39-31(24-15-7-8-16-25(24)35(44)45)41(34(26)43)40-33(22-13-5-2-6-14-22)46-29-18-10-9-17-28(29)38-32(42)21-11-3-1-4-12-21/h1-20,33,40H,(H,38,42)(H,44,45). The van der Waals surface area contributed by atoms with Crippen LogP contribution in [0.2, 0.25) is 0 Å². The number of anilines is 1. The van der Waals surface area contributed by atoms with Gasteiger partial charge in [-0.25, -0.2) is 14.5 Å². The summed E-state index contributed by atoms with van der Waals surface area (Å²) in [5.74, 6) is -1.27. The number of aromatic nitrogens is 2. The molecule has 3 N–H and O–H groups in total. The summed E-state index contributed by atoms with van der Waals surface area (Å²) in [6.45, 7) is 0. The normalized spacial score (nSPS) is 11.6. The van der Waals surface area contributed by atoms with Gasteiger partial charge >= 0.3 is 5.97 Å². The Hall–Kier alpha value is -4.71. The Morgan fingerprint density at radius 3 is 2.22 bits per heavy atom. The van der Waals surface area contributed by atoms with E-state index in [1.54, 1.807) is 54.6 Å². The van der Waals surface area contributed by atoms with E-state index >= 15 is 0 Å². The molecule has 0 saturated carbocycles. The molecular weight excluding hydrogens is 732 g/mol. The largest absolute Gasteiger partial charge is 0.478 e. The molecule has 1 unspecified atom stereocenters. The Balaban J connectivity index is 1.49. The Morgan fingerprint density at radius 1 is 0.826 bits per heavy atom. The van der Waals surface area contributed by atoms with Crippen LogP contribution in [0.1, 0.15) is 31.7 Å². The predicted octanol–water partition coefficient (Wildman–Crippen LogP) is 8.57. The van der Waals surface area contributed by atoms with Gasteiger partial charge < -0.3 is 15.8 Å². The lowest BCUT2D eigenvalue weighted by atomic mass is 10.1. The highest BCUT2D eigenvalue weighted by atomic mass is 79.9. The van der Waals surface area contributed by atoms with Gasteiger partial charge in [0, 0.05) is 25.0 Å². The molecule has 0 fully saturated rings. The number of rotatable bonds is 9. The second kappa shape index (κ2) is 13.7. The van der Waals surface area contributed by atoms with Gasteiger partial charge in [0.05, 0.1) is 22.2 Å². The predicted molar refractivity (Wildman–Crippen MR) is 189 cm³/mol. The zero-order valence-electron chi connectivity index (χ0n) is 23.9. The van der Waals surface area contributed by atoms with E-state index in [-0.39, 0.29) is 22.9 Å². The van der Waals surface area contributed by atoms with Crippen LogP contribution >= 0.6 is 43.6 Å². The third-order valence-corrected chi connectivity index (χ3v) is 9.34. The summed E-state index contributed by atoms with van der Waals surface area (Å²) in [7, 11) is 0. The van der Waals surface area contributed by atoms with Gasteiger partial charge in [-0.1, -0.05) is 107 Å². The maximum Gasteiger partial charge on any atom is 0.336 e. The SMILES string of the molecule is O=C(Nc1ccccc1SC(Nn1c(-c2ccccc2C(=O)O)nc2c(Br)cc(Br)cc2c1=O)c1ccccc1)c1ccccc1. The number of hydrogen-bond donors (Lipinski definition) is 3. The van der Waals surface area contributed by atoms with Crippen LogP contribution in [0.15, 0.2) is 140 Å². The molecule has 46 heavy (non-hydrogen) atoms. The minimum absolute atomic E-state index is 0.00424. The van der Waals surface area contributed by atoms with Crippen molar-refractivity contribution in [1.29, 1.82) is 0 Å². The molecule has 228 valence electrons. The fourth-order valence-corrected chi connectivity index (χ4v) is 7.30. The first-order valence-electron chi connectivity index (χ1n) is 14.0. The molecule has 5 aromatic carbocycles. The number of halogens is 2. The number of carbonyl (C=O) groups is 2. The average molecular weight is 756 g/mol. The number of fused-ring (bicyclic) bond motifs is 1. The molecule has 0 aliphatic rings. The summed E-state index contributed by atoms with van der Waals surface area (Å²) in [4.78, 5) is 45.3. The maximum atomic E-state index is 14.3. The van der Waals surface area contributed by atoms with Crippen LogP contribution in [0.3, 0.4) is 0 Å². The smallest absolute Gasteiger partial charge is 0.336 e. The molecular formula is C35H24Br2N4O4S. The molecule has 0 aliphatic carbocycles. The molecule has 0 radical (unpaired) electrons. The Morgan fingerprint density at radius 2 is 1.48 bits per heavy atom.